The second-order valence-corrected chi connectivity index (χ2v) is 4.41. The third kappa shape index (κ3) is 2.03. The molecule has 0 saturated carbocycles. The average molecular weight is 270 g/mol. The van der Waals surface area contributed by atoms with Crippen LogP contribution in [-0.4, -0.2) is 24.2 Å². The Labute approximate surface area is 115 Å². The largest absolute Gasteiger partial charge is 0.493 e. The number of benzene rings is 2. The number of hydrogen-bond acceptors (Lipinski definition) is 3. The van der Waals surface area contributed by atoms with Crippen LogP contribution in [0.4, 0.5) is 0 Å². The van der Waals surface area contributed by atoms with Gasteiger partial charge < -0.3 is 19.4 Å². The monoisotopic (exact) mass is 270 g/mol. The van der Waals surface area contributed by atoms with Gasteiger partial charge in [0.1, 0.15) is 0 Å². The van der Waals surface area contributed by atoms with Crippen LogP contribution in [0.15, 0.2) is 41.2 Å². The molecule has 0 amide bonds. The van der Waals surface area contributed by atoms with Crippen molar-refractivity contribution in [1.82, 2.24) is 9.97 Å². The second kappa shape index (κ2) is 4.77. The third-order valence-electron chi connectivity index (χ3n) is 3.23. The SMILES string of the molecule is COc1ccc(-c2ccc3[nH]c(=O)[nH]c3c2)cc1OC. The minimum atomic E-state index is -0.204. The first kappa shape index (κ1) is 12.3. The lowest BCUT2D eigenvalue weighted by Gasteiger charge is -2.09. The van der Waals surface area contributed by atoms with Gasteiger partial charge in [-0.2, -0.15) is 0 Å². The molecule has 0 fully saturated rings. The molecule has 0 radical (unpaired) electrons. The maximum atomic E-state index is 11.3. The van der Waals surface area contributed by atoms with Crippen molar-refractivity contribution in [3.63, 3.8) is 0 Å². The summed E-state index contributed by atoms with van der Waals surface area (Å²) < 4.78 is 10.5. The number of nitrogens with one attached hydrogen (secondary N) is 2. The topological polar surface area (TPSA) is 67.1 Å². The van der Waals surface area contributed by atoms with E-state index in [0.29, 0.717) is 11.5 Å². The van der Waals surface area contributed by atoms with Crippen molar-refractivity contribution in [3.05, 3.63) is 46.9 Å². The van der Waals surface area contributed by atoms with Gasteiger partial charge in [-0.25, -0.2) is 4.79 Å². The Balaban J connectivity index is 2.12. The number of fused-ring (bicyclic) bond motifs is 1. The summed E-state index contributed by atoms with van der Waals surface area (Å²) in [6.45, 7) is 0. The molecule has 3 aromatic rings. The van der Waals surface area contributed by atoms with E-state index in [4.69, 9.17) is 9.47 Å². The van der Waals surface area contributed by atoms with Crippen LogP contribution in [0.25, 0.3) is 22.2 Å². The van der Waals surface area contributed by atoms with E-state index < -0.39 is 0 Å². The number of methoxy groups -OCH3 is 2. The van der Waals surface area contributed by atoms with Gasteiger partial charge in [-0.05, 0) is 35.4 Å². The highest BCUT2D eigenvalue weighted by Gasteiger charge is 2.07. The average Bonchev–Trinajstić information content (AvgIpc) is 2.85. The van der Waals surface area contributed by atoms with E-state index in [2.05, 4.69) is 9.97 Å². The Morgan fingerprint density at radius 1 is 0.800 bits per heavy atom. The lowest BCUT2D eigenvalue weighted by Crippen LogP contribution is -1.99. The van der Waals surface area contributed by atoms with Crippen molar-refractivity contribution >= 4 is 11.0 Å². The summed E-state index contributed by atoms with van der Waals surface area (Å²) in [4.78, 5) is 16.7. The molecule has 5 nitrogen and oxygen atoms in total. The van der Waals surface area contributed by atoms with E-state index in [1.807, 2.05) is 36.4 Å². The van der Waals surface area contributed by atoms with Gasteiger partial charge in [0.15, 0.2) is 11.5 Å². The molecule has 102 valence electrons. The molecule has 0 saturated heterocycles. The molecule has 0 unspecified atom stereocenters. The quantitative estimate of drug-likeness (QED) is 0.768. The van der Waals surface area contributed by atoms with Crippen molar-refractivity contribution in [2.24, 2.45) is 0 Å². The van der Waals surface area contributed by atoms with Crippen molar-refractivity contribution in [2.75, 3.05) is 14.2 Å². The predicted molar refractivity (Wildman–Crippen MR) is 77.5 cm³/mol. The molecule has 0 atom stereocenters. The Morgan fingerprint density at radius 2 is 1.45 bits per heavy atom. The van der Waals surface area contributed by atoms with E-state index >= 15 is 0 Å². The van der Waals surface area contributed by atoms with Gasteiger partial charge in [0.05, 0.1) is 25.3 Å². The molecular weight excluding hydrogens is 256 g/mol. The standard InChI is InChI=1S/C15H14N2O3/c1-19-13-6-4-10(8-14(13)20-2)9-3-5-11-12(7-9)17-15(18)16-11/h3-8H,1-2H3,(H2,16,17,18). The van der Waals surface area contributed by atoms with Crippen LogP contribution in [0.3, 0.4) is 0 Å². The molecule has 20 heavy (non-hydrogen) atoms. The van der Waals surface area contributed by atoms with E-state index in [-0.39, 0.29) is 5.69 Å². The minimum Gasteiger partial charge on any atom is -0.493 e. The number of aromatic nitrogens is 2. The number of H-pyrrole nitrogens is 2. The summed E-state index contributed by atoms with van der Waals surface area (Å²) in [6, 6.07) is 11.5. The molecule has 0 spiro atoms. The maximum absolute atomic E-state index is 11.3. The first-order chi connectivity index (χ1) is 9.71. The molecule has 2 aromatic carbocycles. The van der Waals surface area contributed by atoms with Crippen LogP contribution in [0.2, 0.25) is 0 Å². The van der Waals surface area contributed by atoms with E-state index in [1.54, 1.807) is 14.2 Å². The van der Waals surface area contributed by atoms with Gasteiger partial charge >= 0.3 is 5.69 Å². The number of hydrogen-bond donors (Lipinski definition) is 2. The van der Waals surface area contributed by atoms with Crippen LogP contribution in [0, 0.1) is 0 Å². The molecule has 1 aromatic heterocycles. The van der Waals surface area contributed by atoms with E-state index in [9.17, 15) is 4.79 Å². The predicted octanol–water partition coefficient (Wildman–Crippen LogP) is 2.54. The summed E-state index contributed by atoms with van der Waals surface area (Å²) in [5.41, 5.74) is 3.35. The Hall–Kier alpha value is -2.69. The Bertz CT molecular complexity index is 817. The molecule has 3 rings (SSSR count). The van der Waals surface area contributed by atoms with Gasteiger partial charge in [-0.15, -0.1) is 0 Å². The molecule has 2 N–H and O–H groups in total. The lowest BCUT2D eigenvalue weighted by molar-refractivity contribution is 0.355. The van der Waals surface area contributed by atoms with Gasteiger partial charge in [0.25, 0.3) is 0 Å². The van der Waals surface area contributed by atoms with Crippen LogP contribution >= 0.6 is 0 Å². The van der Waals surface area contributed by atoms with Crippen molar-refractivity contribution in [2.45, 2.75) is 0 Å². The van der Waals surface area contributed by atoms with Crippen LogP contribution in [0.1, 0.15) is 0 Å². The van der Waals surface area contributed by atoms with E-state index in [1.165, 1.54) is 0 Å². The van der Waals surface area contributed by atoms with Crippen molar-refractivity contribution in [3.8, 4) is 22.6 Å². The molecule has 0 aliphatic heterocycles. The van der Waals surface area contributed by atoms with Gasteiger partial charge in [0, 0.05) is 0 Å². The van der Waals surface area contributed by atoms with Crippen molar-refractivity contribution in [1.29, 1.82) is 0 Å². The highest BCUT2D eigenvalue weighted by atomic mass is 16.5. The second-order valence-electron chi connectivity index (χ2n) is 4.41. The zero-order valence-corrected chi connectivity index (χ0v) is 11.2. The van der Waals surface area contributed by atoms with Crippen LogP contribution < -0.4 is 15.2 Å². The summed E-state index contributed by atoms with van der Waals surface area (Å²) in [5, 5.41) is 0. The number of rotatable bonds is 3. The summed E-state index contributed by atoms with van der Waals surface area (Å²) in [5.74, 6) is 1.36. The fourth-order valence-corrected chi connectivity index (χ4v) is 2.23. The molecule has 1 heterocycles. The van der Waals surface area contributed by atoms with Gasteiger partial charge in [-0.3, -0.25) is 0 Å². The Morgan fingerprint density at radius 3 is 2.20 bits per heavy atom. The third-order valence-corrected chi connectivity index (χ3v) is 3.23. The zero-order chi connectivity index (χ0) is 14.1. The molecule has 0 aliphatic rings. The summed E-state index contributed by atoms with van der Waals surface area (Å²) in [7, 11) is 3.21. The lowest BCUT2D eigenvalue weighted by atomic mass is 10.0. The fraction of sp³-hybridized carbons (Fsp3) is 0.133. The first-order valence-electron chi connectivity index (χ1n) is 6.15. The number of ether oxygens (including phenoxy) is 2. The molecule has 0 aliphatic carbocycles. The Kier molecular flexibility index (Phi) is 2.95. The number of aromatic amines is 2. The summed E-state index contributed by atoms with van der Waals surface area (Å²) >= 11 is 0. The fourth-order valence-electron chi connectivity index (χ4n) is 2.23. The van der Waals surface area contributed by atoms with Crippen LogP contribution in [-0.2, 0) is 0 Å². The maximum Gasteiger partial charge on any atom is 0.323 e. The summed E-state index contributed by atoms with van der Waals surface area (Å²) in [6.07, 6.45) is 0. The van der Waals surface area contributed by atoms with E-state index in [0.717, 1.165) is 22.2 Å². The molecule has 0 bridgehead atoms. The molecule has 5 heteroatoms. The van der Waals surface area contributed by atoms with Gasteiger partial charge in [-0.1, -0.05) is 12.1 Å². The smallest absolute Gasteiger partial charge is 0.323 e. The van der Waals surface area contributed by atoms with Crippen molar-refractivity contribution < 1.29 is 9.47 Å². The van der Waals surface area contributed by atoms with Gasteiger partial charge in [0.2, 0.25) is 0 Å². The highest BCUT2D eigenvalue weighted by Crippen LogP contribution is 2.32. The first-order valence-corrected chi connectivity index (χ1v) is 6.15. The molecular formula is C15H14N2O3. The number of imidazole rings is 1. The van der Waals surface area contributed by atoms with Crippen LogP contribution in [0.5, 0.6) is 11.5 Å². The normalized spacial score (nSPS) is 10.7. The zero-order valence-electron chi connectivity index (χ0n) is 11.2. The minimum absolute atomic E-state index is 0.204. The highest BCUT2D eigenvalue weighted by molar-refractivity contribution is 5.82.